The number of aryl methyl sites for hydroxylation is 1. The zero-order valence-electron chi connectivity index (χ0n) is 17.2. The third kappa shape index (κ3) is 8.91. The summed E-state index contributed by atoms with van der Waals surface area (Å²) < 4.78 is 10.7. The van der Waals surface area contributed by atoms with Gasteiger partial charge in [0.2, 0.25) is 0 Å². The van der Waals surface area contributed by atoms with Crippen LogP contribution in [0.4, 0.5) is 0 Å². The fraction of sp³-hybridized carbons (Fsp3) is 0.619. The van der Waals surface area contributed by atoms with Gasteiger partial charge in [-0.15, -0.1) is 0 Å². The van der Waals surface area contributed by atoms with Crippen LogP contribution in [0.1, 0.15) is 39.7 Å². The molecule has 1 aromatic rings. The maximum absolute atomic E-state index is 12.7. The first-order chi connectivity index (χ1) is 13.0. The summed E-state index contributed by atoms with van der Waals surface area (Å²) in [6, 6.07) is 7.76. The van der Waals surface area contributed by atoms with Crippen molar-refractivity contribution in [2.75, 3.05) is 45.9 Å². The quantitative estimate of drug-likeness (QED) is 0.494. The van der Waals surface area contributed by atoms with Crippen molar-refractivity contribution in [1.82, 2.24) is 9.80 Å². The molecule has 152 valence electrons. The lowest BCUT2D eigenvalue weighted by Gasteiger charge is -2.26. The highest BCUT2D eigenvalue weighted by molar-refractivity contribution is 5.78. The second kappa shape index (κ2) is 13.1. The van der Waals surface area contributed by atoms with E-state index in [0.717, 1.165) is 26.1 Å². The summed E-state index contributed by atoms with van der Waals surface area (Å²) in [7, 11) is 0. The predicted molar refractivity (Wildman–Crippen MR) is 107 cm³/mol. The molecule has 0 aliphatic carbocycles. The van der Waals surface area contributed by atoms with Gasteiger partial charge < -0.3 is 19.3 Å². The summed E-state index contributed by atoms with van der Waals surface area (Å²) >= 11 is 0. The molecule has 0 aliphatic heterocycles. The largest absolute Gasteiger partial charge is 0.484 e. The maximum Gasteiger partial charge on any atom is 0.307 e. The zero-order valence-corrected chi connectivity index (χ0v) is 17.2. The molecule has 6 nitrogen and oxygen atoms in total. The van der Waals surface area contributed by atoms with E-state index >= 15 is 0 Å². The standard InChI is InChI=1S/C21H34N2O4/c1-5-18-10-9-11-19(16-18)27-17-20(24)23(13-12-21(25)26-8-4)15-14-22(6-2)7-3/h9-11,16H,5-8,12-15,17H2,1-4H3. The molecule has 0 N–H and O–H groups in total. The Hall–Kier alpha value is -2.08. The average molecular weight is 379 g/mol. The lowest BCUT2D eigenvalue weighted by Crippen LogP contribution is -2.42. The molecule has 27 heavy (non-hydrogen) atoms. The number of likely N-dealkylation sites (N-methyl/N-ethyl adjacent to an activating group) is 1. The summed E-state index contributed by atoms with van der Waals surface area (Å²) in [5.74, 6) is 0.292. The Balaban J connectivity index is 2.64. The van der Waals surface area contributed by atoms with Crippen molar-refractivity contribution in [2.24, 2.45) is 0 Å². The highest BCUT2D eigenvalue weighted by atomic mass is 16.5. The fourth-order valence-electron chi connectivity index (χ4n) is 2.71. The Morgan fingerprint density at radius 3 is 2.37 bits per heavy atom. The van der Waals surface area contributed by atoms with Crippen molar-refractivity contribution in [3.05, 3.63) is 29.8 Å². The molecule has 1 rings (SSSR count). The SMILES string of the molecule is CCOC(=O)CCN(CCN(CC)CC)C(=O)COc1cccc(CC)c1. The summed E-state index contributed by atoms with van der Waals surface area (Å²) in [6.07, 6.45) is 1.11. The molecule has 1 amide bonds. The molecule has 6 heteroatoms. The van der Waals surface area contributed by atoms with E-state index in [1.165, 1.54) is 5.56 Å². The number of benzene rings is 1. The molecule has 1 aromatic carbocycles. The van der Waals surface area contributed by atoms with Crippen molar-refractivity contribution in [3.63, 3.8) is 0 Å². The highest BCUT2D eigenvalue weighted by Gasteiger charge is 2.17. The van der Waals surface area contributed by atoms with E-state index in [4.69, 9.17) is 9.47 Å². The number of nitrogens with zero attached hydrogens (tertiary/aromatic N) is 2. The van der Waals surface area contributed by atoms with Crippen molar-refractivity contribution < 1.29 is 19.1 Å². The van der Waals surface area contributed by atoms with Crippen LogP contribution >= 0.6 is 0 Å². The van der Waals surface area contributed by atoms with Crippen LogP contribution in [-0.2, 0) is 20.7 Å². The Kier molecular flexibility index (Phi) is 11.2. The van der Waals surface area contributed by atoms with E-state index in [9.17, 15) is 9.59 Å². The van der Waals surface area contributed by atoms with Gasteiger partial charge in [0.1, 0.15) is 5.75 Å². The smallest absolute Gasteiger partial charge is 0.307 e. The van der Waals surface area contributed by atoms with Gasteiger partial charge in [-0.05, 0) is 44.1 Å². The van der Waals surface area contributed by atoms with Crippen LogP contribution in [0, 0.1) is 0 Å². The van der Waals surface area contributed by atoms with Gasteiger partial charge in [0.05, 0.1) is 13.0 Å². The maximum atomic E-state index is 12.7. The van der Waals surface area contributed by atoms with Gasteiger partial charge >= 0.3 is 5.97 Å². The molecule has 0 heterocycles. The van der Waals surface area contributed by atoms with Gasteiger partial charge in [-0.1, -0.05) is 32.9 Å². The summed E-state index contributed by atoms with van der Waals surface area (Å²) in [4.78, 5) is 28.3. The lowest BCUT2D eigenvalue weighted by atomic mass is 10.2. The van der Waals surface area contributed by atoms with Gasteiger partial charge in [-0.3, -0.25) is 9.59 Å². The topological polar surface area (TPSA) is 59.1 Å². The second-order valence-electron chi connectivity index (χ2n) is 6.25. The fourth-order valence-corrected chi connectivity index (χ4v) is 2.71. The number of amides is 1. The van der Waals surface area contributed by atoms with E-state index in [1.54, 1.807) is 11.8 Å². The molecule has 0 saturated heterocycles. The van der Waals surface area contributed by atoms with Crippen LogP contribution in [0.2, 0.25) is 0 Å². The average Bonchev–Trinajstić information content (AvgIpc) is 2.69. The lowest BCUT2D eigenvalue weighted by molar-refractivity contribution is -0.144. The molecular weight excluding hydrogens is 344 g/mol. The van der Waals surface area contributed by atoms with E-state index < -0.39 is 0 Å². The van der Waals surface area contributed by atoms with Gasteiger partial charge in [0, 0.05) is 19.6 Å². The molecule has 0 aromatic heterocycles. The minimum atomic E-state index is -0.283. The normalized spacial score (nSPS) is 10.7. The molecule has 0 atom stereocenters. The number of carbonyl (C=O) groups is 2. The Bertz CT molecular complexity index is 573. The molecule has 0 radical (unpaired) electrons. The first-order valence-corrected chi connectivity index (χ1v) is 9.91. The molecule has 0 fully saturated rings. The van der Waals surface area contributed by atoms with Gasteiger partial charge in [0.15, 0.2) is 6.61 Å². The van der Waals surface area contributed by atoms with Gasteiger partial charge in [-0.2, -0.15) is 0 Å². The van der Waals surface area contributed by atoms with E-state index in [-0.39, 0.29) is 24.9 Å². The molecule has 0 aliphatic rings. The number of hydrogen-bond donors (Lipinski definition) is 0. The van der Waals surface area contributed by atoms with Crippen molar-refractivity contribution in [3.8, 4) is 5.75 Å². The summed E-state index contributed by atoms with van der Waals surface area (Å²) in [5, 5.41) is 0. The number of rotatable bonds is 13. The molecule has 0 bridgehead atoms. The van der Waals surface area contributed by atoms with Crippen LogP contribution in [0.5, 0.6) is 5.75 Å². The van der Waals surface area contributed by atoms with E-state index in [1.807, 2.05) is 24.3 Å². The predicted octanol–water partition coefficient (Wildman–Crippen LogP) is 2.75. The number of hydrogen-bond acceptors (Lipinski definition) is 5. The Labute approximate surface area is 163 Å². The number of carbonyl (C=O) groups excluding carboxylic acids is 2. The minimum absolute atomic E-state index is 0.0335. The Morgan fingerprint density at radius 1 is 1.00 bits per heavy atom. The second-order valence-corrected chi connectivity index (χ2v) is 6.25. The van der Waals surface area contributed by atoms with Gasteiger partial charge in [-0.25, -0.2) is 0 Å². The van der Waals surface area contributed by atoms with Crippen molar-refractivity contribution in [1.29, 1.82) is 0 Å². The van der Waals surface area contributed by atoms with Crippen LogP contribution in [-0.4, -0.2) is 67.6 Å². The van der Waals surface area contributed by atoms with Crippen LogP contribution in [0.15, 0.2) is 24.3 Å². The summed E-state index contributed by atoms with van der Waals surface area (Å²) in [6.45, 7) is 11.9. The molecule has 0 unspecified atom stereocenters. The molecule has 0 spiro atoms. The van der Waals surface area contributed by atoms with Crippen LogP contribution in [0.25, 0.3) is 0 Å². The summed E-state index contributed by atoms with van der Waals surface area (Å²) in [5.41, 5.74) is 1.17. The minimum Gasteiger partial charge on any atom is -0.484 e. The van der Waals surface area contributed by atoms with Gasteiger partial charge in [0.25, 0.3) is 5.91 Å². The first kappa shape index (κ1) is 23.0. The number of esters is 1. The molecule has 0 saturated carbocycles. The third-order valence-corrected chi connectivity index (χ3v) is 4.49. The monoisotopic (exact) mass is 378 g/mol. The van der Waals surface area contributed by atoms with Crippen molar-refractivity contribution in [2.45, 2.75) is 40.5 Å². The van der Waals surface area contributed by atoms with E-state index in [0.29, 0.717) is 25.4 Å². The Morgan fingerprint density at radius 2 is 1.74 bits per heavy atom. The molecular formula is C21H34N2O4. The zero-order chi connectivity index (χ0) is 20.1. The van der Waals surface area contributed by atoms with Crippen LogP contribution < -0.4 is 4.74 Å². The number of ether oxygens (including phenoxy) is 2. The van der Waals surface area contributed by atoms with Crippen molar-refractivity contribution >= 4 is 11.9 Å². The van der Waals surface area contributed by atoms with E-state index in [2.05, 4.69) is 25.7 Å². The first-order valence-electron chi connectivity index (χ1n) is 9.91. The third-order valence-electron chi connectivity index (χ3n) is 4.49. The van der Waals surface area contributed by atoms with Crippen LogP contribution in [0.3, 0.4) is 0 Å². The highest BCUT2D eigenvalue weighted by Crippen LogP contribution is 2.14.